The quantitative estimate of drug-likeness (QED) is 0.180. The Morgan fingerprint density at radius 2 is 1.24 bits per heavy atom. The van der Waals surface area contributed by atoms with E-state index < -0.39 is 6.09 Å². The number of benzene rings is 1. The molecular formula is C31H54N4O2. The van der Waals surface area contributed by atoms with Gasteiger partial charge in [0.05, 0.1) is 0 Å². The van der Waals surface area contributed by atoms with E-state index in [0.717, 1.165) is 32.6 Å². The molecule has 0 aromatic heterocycles. The first-order chi connectivity index (χ1) is 18.2. The van der Waals surface area contributed by atoms with Crippen LogP contribution in [0.5, 0.6) is 0 Å². The van der Waals surface area contributed by atoms with E-state index in [1.165, 1.54) is 121 Å². The molecule has 2 fully saturated rings. The van der Waals surface area contributed by atoms with Crippen molar-refractivity contribution in [3.8, 4) is 0 Å². The van der Waals surface area contributed by atoms with E-state index in [9.17, 15) is 4.79 Å². The monoisotopic (exact) mass is 514 g/mol. The molecule has 1 aromatic carbocycles. The summed E-state index contributed by atoms with van der Waals surface area (Å²) in [5.74, 6) is 0. The molecule has 1 atom stereocenters. The zero-order chi connectivity index (χ0) is 26.0. The third-order valence-corrected chi connectivity index (χ3v) is 8.03. The molecule has 0 radical (unpaired) electrons. The Balaban J connectivity index is 1.11. The van der Waals surface area contributed by atoms with Gasteiger partial charge in [-0.05, 0) is 30.7 Å². The molecular weight excluding hydrogens is 460 g/mol. The van der Waals surface area contributed by atoms with Crippen LogP contribution in [0.2, 0.25) is 0 Å². The summed E-state index contributed by atoms with van der Waals surface area (Å²) in [4.78, 5) is 21.0. The van der Waals surface area contributed by atoms with Crippen LogP contribution in [0.1, 0.15) is 115 Å². The molecule has 0 saturated carbocycles. The lowest BCUT2D eigenvalue weighted by Gasteiger charge is -2.36. The maximum absolute atomic E-state index is 11.1. The molecule has 2 aliphatic rings. The molecule has 3 rings (SSSR count). The molecule has 210 valence electrons. The van der Waals surface area contributed by atoms with Gasteiger partial charge in [-0.1, -0.05) is 115 Å². The molecule has 37 heavy (non-hydrogen) atoms. The predicted octanol–water partition coefficient (Wildman–Crippen LogP) is 7.18. The number of unbranched alkanes of at least 4 members (excludes halogenated alkanes) is 15. The number of hydrogen-bond acceptors (Lipinski definition) is 5. The number of carbonyl (C=O) groups excluding carboxylic acids is 1. The van der Waals surface area contributed by atoms with Crippen molar-refractivity contribution in [1.82, 2.24) is 15.7 Å². The van der Waals surface area contributed by atoms with Gasteiger partial charge in [0, 0.05) is 38.3 Å². The normalized spacial score (nSPS) is 18.2. The number of anilines is 1. The Labute approximate surface area is 226 Å². The minimum absolute atomic E-state index is 0.147. The van der Waals surface area contributed by atoms with Crippen LogP contribution in [0.3, 0.4) is 0 Å². The highest BCUT2D eigenvalue weighted by molar-refractivity contribution is 5.68. The summed E-state index contributed by atoms with van der Waals surface area (Å²) >= 11 is 0. The topological polar surface area (TPSA) is 56.8 Å². The van der Waals surface area contributed by atoms with Crippen LogP contribution in [-0.4, -0.2) is 49.9 Å². The number of piperazine rings is 1. The molecule has 1 aromatic rings. The maximum atomic E-state index is 11.1. The van der Waals surface area contributed by atoms with Crippen molar-refractivity contribution in [2.24, 2.45) is 0 Å². The van der Waals surface area contributed by atoms with Crippen LogP contribution >= 0.6 is 0 Å². The first-order valence-electron chi connectivity index (χ1n) is 15.5. The molecule has 0 bridgehead atoms. The third kappa shape index (κ3) is 12.5. The van der Waals surface area contributed by atoms with Gasteiger partial charge in [-0.2, -0.15) is 0 Å². The molecule has 6 nitrogen and oxygen atoms in total. The summed E-state index contributed by atoms with van der Waals surface area (Å²) in [6.45, 7) is 8.08. The van der Waals surface area contributed by atoms with Crippen LogP contribution in [0, 0.1) is 0 Å². The van der Waals surface area contributed by atoms with Gasteiger partial charge in [0.1, 0.15) is 6.17 Å². The standard InChI is InChI=1S/C31H54N4O2/c1-2-3-4-5-6-7-8-9-10-11-12-13-14-15-16-17-22-34-23-25-35(26-24-34)29-20-18-28(19-21-29)27-30-32-31(36)37-33-30/h18-21,30,33H,2-17,22-27H2,1H3,(H,32,36). The van der Waals surface area contributed by atoms with Gasteiger partial charge < -0.3 is 15.1 Å². The van der Waals surface area contributed by atoms with Crippen molar-refractivity contribution in [3.05, 3.63) is 29.8 Å². The minimum Gasteiger partial charge on any atom is -0.369 e. The molecule has 2 saturated heterocycles. The third-order valence-electron chi connectivity index (χ3n) is 8.03. The predicted molar refractivity (Wildman–Crippen MR) is 155 cm³/mol. The highest BCUT2D eigenvalue weighted by Crippen LogP contribution is 2.19. The van der Waals surface area contributed by atoms with Gasteiger partial charge in [0.2, 0.25) is 0 Å². The highest BCUT2D eigenvalue weighted by Gasteiger charge is 2.22. The molecule has 1 amide bonds. The summed E-state index contributed by atoms with van der Waals surface area (Å²) in [7, 11) is 0. The van der Waals surface area contributed by atoms with E-state index in [0.29, 0.717) is 0 Å². The van der Waals surface area contributed by atoms with Crippen LogP contribution in [0.15, 0.2) is 24.3 Å². The number of hydrogen-bond donors (Lipinski definition) is 2. The van der Waals surface area contributed by atoms with Gasteiger partial charge >= 0.3 is 6.09 Å². The lowest BCUT2D eigenvalue weighted by molar-refractivity contribution is 0.121. The van der Waals surface area contributed by atoms with E-state index in [2.05, 4.69) is 51.8 Å². The Kier molecular flexibility index (Phi) is 14.8. The average Bonchev–Trinajstić information content (AvgIpc) is 3.33. The first kappa shape index (κ1) is 29.8. The second kappa shape index (κ2) is 18.5. The Morgan fingerprint density at radius 1 is 0.730 bits per heavy atom. The fraction of sp³-hybridized carbons (Fsp3) is 0.774. The highest BCUT2D eigenvalue weighted by atomic mass is 16.7. The smallest absolute Gasteiger partial charge is 0.369 e. The van der Waals surface area contributed by atoms with Crippen molar-refractivity contribution >= 4 is 11.8 Å². The summed E-state index contributed by atoms with van der Waals surface area (Å²) in [5.41, 5.74) is 5.20. The number of nitrogens with zero attached hydrogens (tertiary/aromatic N) is 2. The van der Waals surface area contributed by atoms with Crippen LogP contribution in [0.4, 0.5) is 10.5 Å². The summed E-state index contributed by atoms with van der Waals surface area (Å²) < 4.78 is 0. The van der Waals surface area contributed by atoms with Crippen molar-refractivity contribution in [3.63, 3.8) is 0 Å². The lowest BCUT2D eigenvalue weighted by atomic mass is 10.0. The minimum atomic E-state index is -0.404. The average molecular weight is 515 g/mol. The summed E-state index contributed by atoms with van der Waals surface area (Å²) in [6.07, 6.45) is 23.1. The molecule has 0 spiro atoms. The molecule has 0 aliphatic carbocycles. The van der Waals surface area contributed by atoms with Gasteiger partial charge in [-0.3, -0.25) is 4.90 Å². The largest absolute Gasteiger partial charge is 0.427 e. The van der Waals surface area contributed by atoms with Crippen LogP contribution in [0.25, 0.3) is 0 Å². The number of amides is 1. The van der Waals surface area contributed by atoms with Gasteiger partial charge in [0.25, 0.3) is 0 Å². The lowest BCUT2D eigenvalue weighted by Crippen LogP contribution is -2.46. The second-order valence-corrected chi connectivity index (χ2v) is 11.2. The van der Waals surface area contributed by atoms with Gasteiger partial charge in [-0.25, -0.2) is 4.79 Å². The SMILES string of the molecule is CCCCCCCCCCCCCCCCCCN1CCN(c2ccc(CC3NOC(=O)N3)cc2)CC1. The number of rotatable bonds is 20. The van der Waals surface area contributed by atoms with Crippen molar-refractivity contribution in [1.29, 1.82) is 0 Å². The van der Waals surface area contributed by atoms with Crippen molar-refractivity contribution in [2.75, 3.05) is 37.6 Å². The summed E-state index contributed by atoms with van der Waals surface area (Å²) in [5, 5.41) is 2.75. The summed E-state index contributed by atoms with van der Waals surface area (Å²) in [6, 6.07) is 8.73. The fourth-order valence-electron chi connectivity index (χ4n) is 5.61. The Morgan fingerprint density at radius 3 is 1.73 bits per heavy atom. The van der Waals surface area contributed by atoms with E-state index >= 15 is 0 Å². The van der Waals surface area contributed by atoms with Crippen LogP contribution < -0.4 is 15.7 Å². The van der Waals surface area contributed by atoms with E-state index in [-0.39, 0.29) is 6.17 Å². The zero-order valence-corrected chi connectivity index (χ0v) is 23.7. The zero-order valence-electron chi connectivity index (χ0n) is 23.7. The number of hydroxylamine groups is 1. The Bertz CT molecular complexity index is 718. The maximum Gasteiger partial charge on any atom is 0.427 e. The number of nitrogens with one attached hydrogen (secondary N) is 2. The second-order valence-electron chi connectivity index (χ2n) is 11.2. The van der Waals surface area contributed by atoms with E-state index in [1.807, 2.05) is 0 Å². The molecule has 2 N–H and O–H groups in total. The number of carbonyl (C=O) groups is 1. The van der Waals surface area contributed by atoms with Crippen molar-refractivity contribution in [2.45, 2.75) is 122 Å². The molecule has 2 heterocycles. The van der Waals surface area contributed by atoms with Crippen LogP contribution in [-0.2, 0) is 11.3 Å². The van der Waals surface area contributed by atoms with Gasteiger partial charge in [-0.15, -0.1) is 5.48 Å². The molecule has 6 heteroatoms. The molecule has 1 unspecified atom stereocenters. The molecule has 2 aliphatic heterocycles. The van der Waals surface area contributed by atoms with E-state index in [4.69, 9.17) is 4.84 Å². The first-order valence-corrected chi connectivity index (χ1v) is 15.5. The van der Waals surface area contributed by atoms with Crippen molar-refractivity contribution < 1.29 is 9.63 Å². The fourth-order valence-corrected chi connectivity index (χ4v) is 5.61. The van der Waals surface area contributed by atoms with E-state index in [1.54, 1.807) is 0 Å². The Hall–Kier alpha value is -1.79. The van der Waals surface area contributed by atoms with Gasteiger partial charge in [0.15, 0.2) is 0 Å².